The van der Waals surface area contributed by atoms with E-state index in [1.165, 1.54) is 13.5 Å². The summed E-state index contributed by atoms with van der Waals surface area (Å²) in [6.45, 7) is 6.70. The van der Waals surface area contributed by atoms with E-state index in [0.29, 0.717) is 5.92 Å². The first-order valence-corrected chi connectivity index (χ1v) is 6.22. The smallest absolute Gasteiger partial charge is 0.309 e. The Morgan fingerprint density at radius 3 is 2.50 bits per heavy atom. The molecule has 0 aliphatic heterocycles. The summed E-state index contributed by atoms with van der Waals surface area (Å²) in [4.78, 5) is 11.9. The van der Waals surface area contributed by atoms with E-state index in [1.54, 1.807) is 0 Å². The molecule has 0 aromatic rings. The molecule has 0 saturated heterocycles. The van der Waals surface area contributed by atoms with Gasteiger partial charge in [0, 0.05) is 0 Å². The summed E-state index contributed by atoms with van der Waals surface area (Å²) < 4.78 is 4.96. The highest BCUT2D eigenvalue weighted by Gasteiger charge is 2.52. The number of hydrogen-bond donors (Lipinski definition) is 0. The zero-order valence-corrected chi connectivity index (χ0v) is 10.7. The quantitative estimate of drug-likeness (QED) is 0.530. The van der Waals surface area contributed by atoms with Gasteiger partial charge < -0.3 is 4.74 Å². The van der Waals surface area contributed by atoms with Crippen LogP contribution in [0.3, 0.4) is 0 Å². The zero-order valence-electron chi connectivity index (χ0n) is 10.7. The van der Waals surface area contributed by atoms with Crippen molar-refractivity contribution >= 4 is 5.97 Å². The number of ether oxygens (including phenoxy) is 1. The van der Waals surface area contributed by atoms with Gasteiger partial charge in [0.05, 0.1) is 13.0 Å². The first-order chi connectivity index (χ1) is 7.43. The highest BCUT2D eigenvalue weighted by Crippen LogP contribution is 2.58. The van der Waals surface area contributed by atoms with Gasteiger partial charge in [0.15, 0.2) is 0 Å². The van der Waals surface area contributed by atoms with Crippen molar-refractivity contribution < 1.29 is 9.53 Å². The molecule has 3 atom stereocenters. The topological polar surface area (TPSA) is 26.3 Å². The Kier molecular flexibility index (Phi) is 2.64. The molecule has 1 saturated carbocycles. The van der Waals surface area contributed by atoms with Gasteiger partial charge in [-0.2, -0.15) is 0 Å². The van der Waals surface area contributed by atoms with Gasteiger partial charge in [-0.05, 0) is 36.0 Å². The van der Waals surface area contributed by atoms with Crippen molar-refractivity contribution in [3.63, 3.8) is 0 Å². The van der Waals surface area contributed by atoms with Crippen LogP contribution in [0.25, 0.3) is 0 Å². The Balaban J connectivity index is 2.34. The maximum atomic E-state index is 11.9. The standard InChI is InChI=1S/C14H22O2/c1-10(2)14-7-5-13(3,6-8-14)11(9-14)12(15)16-4/h5,7,10-11H,6,8-9H2,1-4H3/t11-,13+,14+/m1/s1. The van der Waals surface area contributed by atoms with E-state index in [0.717, 1.165) is 12.8 Å². The summed E-state index contributed by atoms with van der Waals surface area (Å²) in [5.41, 5.74) is 0.264. The molecule has 0 unspecified atom stereocenters. The van der Waals surface area contributed by atoms with Crippen LogP contribution in [0, 0.1) is 22.7 Å². The van der Waals surface area contributed by atoms with Crippen molar-refractivity contribution in [2.75, 3.05) is 7.11 Å². The molecule has 0 N–H and O–H groups in total. The molecule has 3 rings (SSSR count). The fourth-order valence-corrected chi connectivity index (χ4v) is 3.31. The summed E-state index contributed by atoms with van der Waals surface area (Å²) >= 11 is 0. The second-order valence-corrected chi connectivity index (χ2v) is 6.01. The Morgan fingerprint density at radius 1 is 1.38 bits per heavy atom. The molecule has 0 spiro atoms. The largest absolute Gasteiger partial charge is 0.469 e. The van der Waals surface area contributed by atoms with Crippen LogP contribution in [0.2, 0.25) is 0 Å². The summed E-state index contributed by atoms with van der Waals surface area (Å²) in [7, 11) is 1.50. The minimum Gasteiger partial charge on any atom is -0.469 e. The Hall–Kier alpha value is -0.790. The summed E-state index contributed by atoms with van der Waals surface area (Å²) in [6, 6.07) is 0. The van der Waals surface area contributed by atoms with Crippen LogP contribution in [-0.4, -0.2) is 13.1 Å². The molecule has 3 aliphatic carbocycles. The van der Waals surface area contributed by atoms with E-state index in [4.69, 9.17) is 4.74 Å². The third kappa shape index (κ3) is 1.50. The number of allylic oxidation sites excluding steroid dienone is 2. The van der Waals surface area contributed by atoms with E-state index in [-0.39, 0.29) is 22.7 Å². The molecule has 0 heterocycles. The Labute approximate surface area is 98.1 Å². The first-order valence-electron chi connectivity index (χ1n) is 6.22. The first kappa shape index (κ1) is 11.7. The normalized spacial score (nSPS) is 41.4. The molecule has 16 heavy (non-hydrogen) atoms. The van der Waals surface area contributed by atoms with Crippen LogP contribution in [0.15, 0.2) is 12.2 Å². The monoisotopic (exact) mass is 222 g/mol. The molecule has 2 nitrogen and oxygen atoms in total. The van der Waals surface area contributed by atoms with E-state index in [9.17, 15) is 4.79 Å². The minimum absolute atomic E-state index is 0.0309. The second-order valence-electron chi connectivity index (χ2n) is 6.01. The molecular formula is C14H22O2. The third-order valence-corrected chi connectivity index (χ3v) is 4.94. The Morgan fingerprint density at radius 2 is 2.06 bits per heavy atom. The van der Waals surface area contributed by atoms with Crippen LogP contribution in [0.5, 0.6) is 0 Å². The van der Waals surface area contributed by atoms with Gasteiger partial charge in [0.1, 0.15) is 0 Å². The van der Waals surface area contributed by atoms with E-state index < -0.39 is 0 Å². The lowest BCUT2D eigenvalue weighted by Crippen LogP contribution is -2.48. The number of rotatable bonds is 2. The second kappa shape index (κ2) is 3.61. The van der Waals surface area contributed by atoms with Gasteiger partial charge in [-0.1, -0.05) is 32.9 Å². The van der Waals surface area contributed by atoms with Gasteiger partial charge in [0.2, 0.25) is 0 Å². The van der Waals surface area contributed by atoms with Crippen molar-refractivity contribution in [2.24, 2.45) is 22.7 Å². The van der Waals surface area contributed by atoms with Gasteiger partial charge in [-0.3, -0.25) is 4.79 Å². The average molecular weight is 222 g/mol. The third-order valence-electron chi connectivity index (χ3n) is 4.94. The number of fused-ring (bicyclic) bond motifs is 2. The van der Waals surface area contributed by atoms with Gasteiger partial charge >= 0.3 is 5.97 Å². The van der Waals surface area contributed by atoms with Crippen molar-refractivity contribution in [3.05, 3.63) is 12.2 Å². The van der Waals surface area contributed by atoms with Gasteiger partial charge in [-0.15, -0.1) is 0 Å². The zero-order chi connectivity index (χ0) is 12.0. The molecule has 1 fully saturated rings. The molecule has 0 radical (unpaired) electrons. The van der Waals surface area contributed by atoms with Crippen molar-refractivity contribution in [3.8, 4) is 0 Å². The fourth-order valence-electron chi connectivity index (χ4n) is 3.31. The van der Waals surface area contributed by atoms with Gasteiger partial charge in [-0.25, -0.2) is 0 Å². The lowest BCUT2D eigenvalue weighted by molar-refractivity contribution is -0.154. The lowest BCUT2D eigenvalue weighted by Gasteiger charge is -2.53. The van der Waals surface area contributed by atoms with Crippen molar-refractivity contribution in [1.82, 2.24) is 0 Å². The minimum atomic E-state index is -0.0309. The Bertz CT molecular complexity index is 332. The van der Waals surface area contributed by atoms with Crippen LogP contribution in [0.4, 0.5) is 0 Å². The molecule has 90 valence electrons. The average Bonchev–Trinajstić information content (AvgIpc) is 2.28. The van der Waals surface area contributed by atoms with Crippen molar-refractivity contribution in [1.29, 1.82) is 0 Å². The molecule has 3 aliphatic rings. The number of methoxy groups -OCH3 is 1. The molecule has 0 aromatic carbocycles. The van der Waals surface area contributed by atoms with Crippen LogP contribution >= 0.6 is 0 Å². The number of hydrogen-bond acceptors (Lipinski definition) is 2. The summed E-state index contributed by atoms with van der Waals surface area (Å²) in [5, 5.41) is 0. The predicted octanol–water partition coefficient (Wildman–Crippen LogP) is 3.18. The maximum Gasteiger partial charge on any atom is 0.309 e. The van der Waals surface area contributed by atoms with Crippen LogP contribution in [-0.2, 0) is 9.53 Å². The number of carbonyl (C=O) groups excluding carboxylic acids is 1. The SMILES string of the molecule is COC(=O)[C@H]1C[C@]2(C(C)C)C=C[C@@]1(C)CC2. The summed E-state index contributed by atoms with van der Waals surface area (Å²) in [5.74, 6) is 0.621. The van der Waals surface area contributed by atoms with Crippen molar-refractivity contribution in [2.45, 2.75) is 40.0 Å². The number of carbonyl (C=O) groups is 1. The van der Waals surface area contributed by atoms with E-state index >= 15 is 0 Å². The highest BCUT2D eigenvalue weighted by atomic mass is 16.5. The highest BCUT2D eigenvalue weighted by molar-refractivity contribution is 5.74. The van der Waals surface area contributed by atoms with E-state index in [1.807, 2.05) is 0 Å². The molecular weight excluding hydrogens is 200 g/mol. The predicted molar refractivity (Wildman–Crippen MR) is 63.9 cm³/mol. The van der Waals surface area contributed by atoms with Gasteiger partial charge in [0.25, 0.3) is 0 Å². The van der Waals surface area contributed by atoms with Crippen LogP contribution < -0.4 is 0 Å². The van der Waals surface area contributed by atoms with E-state index in [2.05, 4.69) is 32.9 Å². The number of esters is 1. The molecule has 2 bridgehead atoms. The molecule has 0 amide bonds. The fraction of sp³-hybridized carbons (Fsp3) is 0.786. The summed E-state index contributed by atoms with van der Waals surface area (Å²) in [6.07, 6.45) is 7.92. The lowest BCUT2D eigenvalue weighted by atomic mass is 9.51. The van der Waals surface area contributed by atoms with Crippen LogP contribution in [0.1, 0.15) is 40.0 Å². The molecule has 0 aromatic heterocycles. The molecule has 2 heteroatoms. The maximum absolute atomic E-state index is 11.9.